The highest BCUT2D eigenvalue weighted by molar-refractivity contribution is 5.77. The number of carbonyl (C=O) groups excluding carboxylic acids is 2. The Labute approximate surface area is 110 Å². The molecule has 0 bridgehead atoms. The minimum absolute atomic E-state index is 0.0222. The first kappa shape index (κ1) is 15.2. The summed E-state index contributed by atoms with van der Waals surface area (Å²) in [6, 6.07) is -0.232. The highest BCUT2D eigenvalue weighted by atomic mass is 16.4. The highest BCUT2D eigenvalue weighted by Crippen LogP contribution is 2.18. The smallest absolute Gasteiger partial charge is 0.334 e. The molecule has 3 amide bonds. The number of nitrogens with one attached hydrogen (secondary N) is 3. The van der Waals surface area contributed by atoms with Crippen molar-refractivity contribution in [2.24, 2.45) is 0 Å². The van der Waals surface area contributed by atoms with Crippen LogP contribution in [0, 0.1) is 0 Å². The van der Waals surface area contributed by atoms with E-state index in [2.05, 4.69) is 16.0 Å². The van der Waals surface area contributed by atoms with E-state index >= 15 is 0 Å². The third-order valence-electron chi connectivity index (χ3n) is 2.55. The average molecular weight is 273 g/mol. The molecule has 5 N–H and O–H groups in total. The number of aliphatic hydroxyl groups is 1. The van der Waals surface area contributed by atoms with Crippen LogP contribution >= 0.6 is 0 Å². The van der Waals surface area contributed by atoms with Crippen molar-refractivity contribution < 1.29 is 24.6 Å². The molecular formula is C11H19N3O5. The normalized spacial score (nSPS) is 15.4. The van der Waals surface area contributed by atoms with Crippen LogP contribution in [-0.4, -0.2) is 53.4 Å². The second-order valence-corrected chi connectivity index (χ2v) is 4.44. The van der Waals surface area contributed by atoms with Crippen LogP contribution < -0.4 is 16.0 Å². The number of urea groups is 1. The lowest BCUT2D eigenvalue weighted by Crippen LogP contribution is -2.42. The molecule has 1 atom stereocenters. The maximum Gasteiger partial charge on any atom is 0.334 e. The number of carbonyl (C=O) groups is 3. The van der Waals surface area contributed by atoms with Gasteiger partial charge in [-0.05, 0) is 19.3 Å². The second-order valence-electron chi connectivity index (χ2n) is 4.44. The summed E-state index contributed by atoms with van der Waals surface area (Å²) in [5.74, 6) is -1.41. The fourth-order valence-corrected chi connectivity index (χ4v) is 1.32. The Kier molecular flexibility index (Phi) is 6.07. The lowest BCUT2D eigenvalue weighted by molar-refractivity contribution is -0.146. The molecule has 1 aliphatic rings. The van der Waals surface area contributed by atoms with Crippen molar-refractivity contribution in [2.45, 2.75) is 37.8 Å². The van der Waals surface area contributed by atoms with E-state index in [0.717, 1.165) is 12.8 Å². The summed E-state index contributed by atoms with van der Waals surface area (Å²) in [7, 11) is 0. The molecule has 1 fully saturated rings. The van der Waals surface area contributed by atoms with E-state index in [4.69, 9.17) is 10.2 Å². The molecule has 19 heavy (non-hydrogen) atoms. The molecule has 0 aromatic carbocycles. The van der Waals surface area contributed by atoms with E-state index in [1.165, 1.54) is 0 Å². The number of hydrogen-bond acceptors (Lipinski definition) is 4. The Balaban J connectivity index is 1.97. The Morgan fingerprint density at radius 3 is 2.47 bits per heavy atom. The van der Waals surface area contributed by atoms with Crippen LogP contribution in [0.4, 0.5) is 4.79 Å². The van der Waals surface area contributed by atoms with Crippen LogP contribution in [0.25, 0.3) is 0 Å². The second kappa shape index (κ2) is 7.57. The first-order valence-corrected chi connectivity index (χ1v) is 6.21. The fraction of sp³-hybridized carbons (Fsp3) is 0.727. The van der Waals surface area contributed by atoms with E-state index < -0.39 is 18.1 Å². The zero-order chi connectivity index (χ0) is 14.3. The Hall–Kier alpha value is -1.83. The maximum absolute atomic E-state index is 11.3. The minimum Gasteiger partial charge on any atom is -0.479 e. The van der Waals surface area contributed by atoms with Gasteiger partial charge in [-0.2, -0.15) is 0 Å². The van der Waals surface area contributed by atoms with Crippen molar-refractivity contribution in [1.29, 1.82) is 0 Å². The van der Waals surface area contributed by atoms with E-state index in [9.17, 15) is 14.4 Å². The lowest BCUT2D eigenvalue weighted by Gasteiger charge is -2.09. The van der Waals surface area contributed by atoms with Gasteiger partial charge in [0.15, 0.2) is 6.10 Å². The van der Waals surface area contributed by atoms with Gasteiger partial charge in [0.2, 0.25) is 5.91 Å². The topological polar surface area (TPSA) is 128 Å². The predicted octanol–water partition coefficient (Wildman–Crippen LogP) is -1.21. The van der Waals surface area contributed by atoms with Crippen molar-refractivity contribution >= 4 is 17.9 Å². The average Bonchev–Trinajstić information content (AvgIpc) is 3.15. The Morgan fingerprint density at radius 2 is 1.89 bits per heavy atom. The minimum atomic E-state index is -1.62. The summed E-state index contributed by atoms with van der Waals surface area (Å²) < 4.78 is 0. The molecule has 8 nitrogen and oxygen atoms in total. The molecule has 8 heteroatoms. The van der Waals surface area contributed by atoms with Crippen LogP contribution in [0.5, 0.6) is 0 Å². The molecule has 1 aliphatic carbocycles. The summed E-state index contributed by atoms with van der Waals surface area (Å²) in [6.07, 6.45) is 1.31. The zero-order valence-electron chi connectivity index (χ0n) is 10.5. The zero-order valence-corrected chi connectivity index (χ0v) is 10.5. The first-order valence-electron chi connectivity index (χ1n) is 6.21. The molecule has 108 valence electrons. The summed E-state index contributed by atoms with van der Waals surface area (Å²) in [4.78, 5) is 32.7. The van der Waals surface area contributed by atoms with Gasteiger partial charge in [-0.1, -0.05) is 0 Å². The number of carboxylic acids is 1. The van der Waals surface area contributed by atoms with Gasteiger partial charge < -0.3 is 26.2 Å². The molecule has 0 spiro atoms. The summed E-state index contributed by atoms with van der Waals surface area (Å²) in [5.41, 5.74) is 0. The van der Waals surface area contributed by atoms with Crippen LogP contribution in [-0.2, 0) is 9.59 Å². The third-order valence-corrected chi connectivity index (χ3v) is 2.55. The number of hydrogen-bond donors (Lipinski definition) is 5. The standard InChI is InChI=1S/C11H19N3O5/c15-8(10(17)18)6-13-11(19)12-5-1-2-9(16)14-7-3-4-7/h7-8,15H,1-6H2,(H,14,16)(H,17,18)(H2,12,13,19). The van der Waals surface area contributed by atoms with Crippen LogP contribution in [0.3, 0.4) is 0 Å². The molecule has 1 rings (SSSR count). The van der Waals surface area contributed by atoms with Crippen LogP contribution in [0.2, 0.25) is 0 Å². The van der Waals surface area contributed by atoms with Gasteiger partial charge in [0, 0.05) is 19.0 Å². The number of amides is 3. The molecule has 1 unspecified atom stereocenters. The van der Waals surface area contributed by atoms with Crippen LogP contribution in [0.15, 0.2) is 0 Å². The molecule has 0 heterocycles. The number of carboxylic acid groups (broad SMARTS) is 1. The quantitative estimate of drug-likeness (QED) is 0.354. The van der Waals surface area contributed by atoms with Gasteiger partial charge in [0.05, 0.1) is 6.54 Å². The van der Waals surface area contributed by atoms with Gasteiger partial charge in [0.25, 0.3) is 0 Å². The van der Waals surface area contributed by atoms with Gasteiger partial charge in [-0.15, -0.1) is 0 Å². The molecule has 0 aromatic heterocycles. The molecule has 0 aliphatic heterocycles. The van der Waals surface area contributed by atoms with Crippen molar-refractivity contribution in [3.8, 4) is 0 Å². The van der Waals surface area contributed by atoms with Gasteiger partial charge >= 0.3 is 12.0 Å². The largest absolute Gasteiger partial charge is 0.479 e. The number of aliphatic carboxylic acids is 1. The highest BCUT2D eigenvalue weighted by Gasteiger charge is 2.22. The Bertz CT molecular complexity index is 343. The van der Waals surface area contributed by atoms with Crippen molar-refractivity contribution in [2.75, 3.05) is 13.1 Å². The van der Waals surface area contributed by atoms with Gasteiger partial charge in [-0.3, -0.25) is 4.79 Å². The first-order chi connectivity index (χ1) is 8.99. The predicted molar refractivity (Wildman–Crippen MR) is 65.4 cm³/mol. The van der Waals surface area contributed by atoms with E-state index in [-0.39, 0.29) is 12.5 Å². The lowest BCUT2D eigenvalue weighted by atomic mass is 10.3. The van der Waals surface area contributed by atoms with Crippen LogP contribution in [0.1, 0.15) is 25.7 Å². The summed E-state index contributed by atoms with van der Waals surface area (Å²) in [5, 5.41) is 24.8. The number of rotatable bonds is 8. The molecule has 0 radical (unpaired) electrons. The van der Waals surface area contributed by atoms with Crippen molar-refractivity contribution in [3.63, 3.8) is 0 Å². The van der Waals surface area contributed by atoms with Gasteiger partial charge in [0.1, 0.15) is 0 Å². The van der Waals surface area contributed by atoms with Crippen molar-refractivity contribution in [3.05, 3.63) is 0 Å². The molecule has 0 aromatic rings. The monoisotopic (exact) mass is 273 g/mol. The van der Waals surface area contributed by atoms with Crippen molar-refractivity contribution in [1.82, 2.24) is 16.0 Å². The summed E-state index contributed by atoms with van der Waals surface area (Å²) in [6.45, 7) is -0.0452. The Morgan fingerprint density at radius 1 is 1.21 bits per heavy atom. The molecule has 1 saturated carbocycles. The van der Waals surface area contributed by atoms with Gasteiger partial charge in [-0.25, -0.2) is 9.59 Å². The third kappa shape index (κ3) is 7.24. The van der Waals surface area contributed by atoms with E-state index in [1.54, 1.807) is 0 Å². The molecule has 0 saturated heterocycles. The SMILES string of the molecule is O=C(CCCNC(=O)NCC(O)C(=O)O)NC1CC1. The van der Waals surface area contributed by atoms with E-state index in [1.807, 2.05) is 0 Å². The fourth-order valence-electron chi connectivity index (χ4n) is 1.32. The molecular weight excluding hydrogens is 254 g/mol. The number of aliphatic hydroxyl groups excluding tert-OH is 1. The van der Waals surface area contributed by atoms with E-state index in [0.29, 0.717) is 25.4 Å². The summed E-state index contributed by atoms with van der Waals surface area (Å²) >= 11 is 0. The maximum atomic E-state index is 11.3.